The molecule has 2 heterocycles. The van der Waals surface area contributed by atoms with Crippen LogP contribution in [0.1, 0.15) is 0 Å². The van der Waals surface area contributed by atoms with Crippen LogP contribution in [0.2, 0.25) is 0 Å². The van der Waals surface area contributed by atoms with E-state index in [4.69, 9.17) is 0 Å². The van der Waals surface area contributed by atoms with Crippen LogP contribution in [0.5, 0.6) is 0 Å². The van der Waals surface area contributed by atoms with Crippen molar-refractivity contribution >= 4 is 0 Å². The Kier molecular flexibility index (Phi) is 1.41. The highest BCUT2D eigenvalue weighted by molar-refractivity contribution is 4.85. The van der Waals surface area contributed by atoms with E-state index in [1.807, 2.05) is 0 Å². The molecule has 0 spiro atoms. The van der Waals surface area contributed by atoms with E-state index in [0.29, 0.717) is 0 Å². The van der Waals surface area contributed by atoms with E-state index in [0.717, 1.165) is 19.3 Å². The number of piperazine rings is 1. The molecular formula is C6H13N3. The number of fused-ring (bicyclic) bond motifs is 1. The van der Waals surface area contributed by atoms with Crippen molar-refractivity contribution in [2.24, 2.45) is 0 Å². The summed E-state index contributed by atoms with van der Waals surface area (Å²) >= 11 is 0. The molecule has 2 aliphatic heterocycles. The fraction of sp³-hybridized carbons (Fsp3) is 1.00. The smallest absolute Gasteiger partial charge is 0.0485 e. The molecule has 2 saturated heterocycles. The normalized spacial score (nSPS) is 36.7. The number of hydrogen-bond acceptors (Lipinski definition) is 3. The fourth-order valence-electron chi connectivity index (χ4n) is 1.59. The van der Waals surface area contributed by atoms with Gasteiger partial charge in [0.25, 0.3) is 0 Å². The Morgan fingerprint density at radius 2 is 2.11 bits per heavy atom. The molecule has 0 bridgehead atoms. The molecule has 2 fully saturated rings. The standard InChI is InChI=1S/C6H13N3/c1-2-9-5-8-4-6(9)3-7-1/h6-8H,1-5H2. The van der Waals surface area contributed by atoms with E-state index in [1.165, 1.54) is 19.6 Å². The Labute approximate surface area is 55.4 Å². The second-order valence-corrected chi connectivity index (χ2v) is 2.78. The van der Waals surface area contributed by atoms with Crippen LogP contribution in [0.3, 0.4) is 0 Å². The zero-order valence-electron chi connectivity index (χ0n) is 5.56. The number of nitrogens with zero attached hydrogens (tertiary/aromatic N) is 1. The first-order valence-corrected chi connectivity index (χ1v) is 3.62. The first-order chi connectivity index (χ1) is 4.47. The minimum absolute atomic E-state index is 0.777. The van der Waals surface area contributed by atoms with Gasteiger partial charge in [-0.3, -0.25) is 4.90 Å². The van der Waals surface area contributed by atoms with Crippen LogP contribution >= 0.6 is 0 Å². The van der Waals surface area contributed by atoms with E-state index in [1.54, 1.807) is 0 Å². The second-order valence-electron chi connectivity index (χ2n) is 2.78. The van der Waals surface area contributed by atoms with Gasteiger partial charge >= 0.3 is 0 Å². The summed E-state index contributed by atoms with van der Waals surface area (Å²) < 4.78 is 0. The molecule has 1 atom stereocenters. The van der Waals surface area contributed by atoms with Crippen LogP contribution < -0.4 is 10.6 Å². The van der Waals surface area contributed by atoms with Gasteiger partial charge < -0.3 is 10.6 Å². The molecule has 52 valence electrons. The van der Waals surface area contributed by atoms with E-state index in [2.05, 4.69) is 15.5 Å². The van der Waals surface area contributed by atoms with Gasteiger partial charge in [-0.05, 0) is 0 Å². The Hall–Kier alpha value is -0.120. The van der Waals surface area contributed by atoms with Gasteiger partial charge in [-0.15, -0.1) is 0 Å². The number of hydrogen-bond donors (Lipinski definition) is 2. The SMILES string of the molecule is C1CN2CNCC2CN1. The highest BCUT2D eigenvalue weighted by Gasteiger charge is 2.25. The Balaban J connectivity index is 1.97. The molecule has 0 radical (unpaired) electrons. The number of rotatable bonds is 0. The predicted octanol–water partition coefficient (Wildman–Crippen LogP) is -1.18. The summed E-state index contributed by atoms with van der Waals surface area (Å²) in [5, 5.41) is 6.72. The highest BCUT2D eigenvalue weighted by atomic mass is 15.3. The van der Waals surface area contributed by atoms with Gasteiger partial charge in [0.15, 0.2) is 0 Å². The van der Waals surface area contributed by atoms with Gasteiger partial charge in [-0.1, -0.05) is 0 Å². The zero-order valence-corrected chi connectivity index (χ0v) is 5.56. The summed E-state index contributed by atoms with van der Waals surface area (Å²) in [5.41, 5.74) is 0. The van der Waals surface area contributed by atoms with Gasteiger partial charge in [0, 0.05) is 38.9 Å². The molecule has 0 aromatic heterocycles. The minimum atomic E-state index is 0.777. The van der Waals surface area contributed by atoms with Crippen molar-refractivity contribution in [1.82, 2.24) is 15.5 Å². The number of nitrogens with one attached hydrogen (secondary N) is 2. The van der Waals surface area contributed by atoms with Crippen molar-refractivity contribution in [2.75, 3.05) is 32.8 Å². The highest BCUT2D eigenvalue weighted by Crippen LogP contribution is 2.04. The van der Waals surface area contributed by atoms with Crippen molar-refractivity contribution in [3.8, 4) is 0 Å². The molecule has 2 N–H and O–H groups in total. The van der Waals surface area contributed by atoms with Crippen LogP contribution in [-0.4, -0.2) is 43.8 Å². The van der Waals surface area contributed by atoms with E-state index >= 15 is 0 Å². The lowest BCUT2D eigenvalue weighted by atomic mass is 10.2. The largest absolute Gasteiger partial charge is 0.314 e. The van der Waals surface area contributed by atoms with Gasteiger partial charge in [-0.2, -0.15) is 0 Å². The maximum Gasteiger partial charge on any atom is 0.0485 e. The zero-order chi connectivity index (χ0) is 6.10. The van der Waals surface area contributed by atoms with Gasteiger partial charge in [-0.25, -0.2) is 0 Å². The average Bonchev–Trinajstić information content (AvgIpc) is 2.33. The van der Waals surface area contributed by atoms with Crippen molar-refractivity contribution < 1.29 is 0 Å². The van der Waals surface area contributed by atoms with Crippen molar-refractivity contribution in [1.29, 1.82) is 0 Å². The third kappa shape index (κ3) is 0.956. The first kappa shape index (κ1) is 5.65. The fourth-order valence-corrected chi connectivity index (χ4v) is 1.59. The van der Waals surface area contributed by atoms with Gasteiger partial charge in [0.1, 0.15) is 0 Å². The van der Waals surface area contributed by atoms with Crippen molar-refractivity contribution in [3.63, 3.8) is 0 Å². The molecule has 0 aromatic carbocycles. The Morgan fingerprint density at radius 1 is 1.22 bits per heavy atom. The molecule has 3 heteroatoms. The summed E-state index contributed by atoms with van der Waals surface area (Å²) in [4.78, 5) is 2.50. The summed E-state index contributed by atoms with van der Waals surface area (Å²) in [6.07, 6.45) is 0. The monoisotopic (exact) mass is 127 g/mol. The quantitative estimate of drug-likeness (QED) is 0.429. The lowest BCUT2D eigenvalue weighted by Crippen LogP contribution is -2.48. The molecule has 1 unspecified atom stereocenters. The molecule has 2 rings (SSSR count). The summed E-state index contributed by atoms with van der Waals surface area (Å²) in [5.74, 6) is 0. The van der Waals surface area contributed by atoms with Crippen molar-refractivity contribution in [2.45, 2.75) is 6.04 Å². The van der Waals surface area contributed by atoms with Gasteiger partial charge in [0.05, 0.1) is 0 Å². The topological polar surface area (TPSA) is 27.3 Å². The minimum Gasteiger partial charge on any atom is -0.314 e. The van der Waals surface area contributed by atoms with Crippen LogP contribution in [0.25, 0.3) is 0 Å². The Bertz CT molecular complexity index is 92.5. The summed E-state index contributed by atoms with van der Waals surface area (Å²) in [7, 11) is 0. The van der Waals surface area contributed by atoms with Crippen LogP contribution in [0.15, 0.2) is 0 Å². The molecule has 2 aliphatic rings. The van der Waals surface area contributed by atoms with Gasteiger partial charge in [0.2, 0.25) is 0 Å². The summed E-state index contributed by atoms with van der Waals surface area (Å²) in [6.45, 7) is 5.84. The third-order valence-electron chi connectivity index (χ3n) is 2.17. The van der Waals surface area contributed by atoms with E-state index < -0.39 is 0 Å². The molecule has 0 amide bonds. The molecule has 3 nitrogen and oxygen atoms in total. The predicted molar refractivity (Wildman–Crippen MR) is 36.2 cm³/mol. The molecule has 0 aromatic rings. The summed E-state index contributed by atoms with van der Waals surface area (Å²) in [6, 6.07) is 0.777. The molecule has 9 heavy (non-hydrogen) atoms. The lowest BCUT2D eigenvalue weighted by molar-refractivity contribution is 0.217. The van der Waals surface area contributed by atoms with Crippen LogP contribution in [0.4, 0.5) is 0 Å². The molecule has 0 aliphatic carbocycles. The second kappa shape index (κ2) is 2.25. The average molecular weight is 127 g/mol. The van der Waals surface area contributed by atoms with Crippen molar-refractivity contribution in [3.05, 3.63) is 0 Å². The first-order valence-electron chi connectivity index (χ1n) is 3.62. The lowest BCUT2D eigenvalue weighted by Gasteiger charge is -2.28. The van der Waals surface area contributed by atoms with E-state index in [9.17, 15) is 0 Å². The Morgan fingerprint density at radius 3 is 3.00 bits per heavy atom. The van der Waals surface area contributed by atoms with E-state index in [-0.39, 0.29) is 0 Å². The molecule has 0 saturated carbocycles. The maximum absolute atomic E-state index is 3.37. The maximum atomic E-state index is 3.37. The van der Waals surface area contributed by atoms with Crippen LogP contribution in [-0.2, 0) is 0 Å². The third-order valence-corrected chi connectivity index (χ3v) is 2.17. The molecular weight excluding hydrogens is 114 g/mol. The van der Waals surface area contributed by atoms with Crippen LogP contribution in [0, 0.1) is 0 Å².